The van der Waals surface area contributed by atoms with Crippen LogP contribution in [0.3, 0.4) is 0 Å². The zero-order valence-corrected chi connectivity index (χ0v) is 10.0. The number of hydrogen-bond donors (Lipinski definition) is 4. The normalized spacial score (nSPS) is 39.1. The Balaban J connectivity index is 1.93. The standard InChI is InChI=1S/C11H16O8/c12-3-6-7(13)8(14)9(15)11(19-6)18-4-5-1-2-17-10(5)16/h1,6-9,11-15H,2-4H2. The molecule has 19 heavy (non-hydrogen) atoms. The molecule has 4 N–H and O–H groups in total. The van der Waals surface area contributed by atoms with E-state index in [4.69, 9.17) is 14.6 Å². The number of carbonyl (C=O) groups is 1. The van der Waals surface area contributed by atoms with Gasteiger partial charge in [0.2, 0.25) is 0 Å². The summed E-state index contributed by atoms with van der Waals surface area (Å²) in [6.07, 6.45) is -5.16. The van der Waals surface area contributed by atoms with Gasteiger partial charge in [-0.15, -0.1) is 0 Å². The molecule has 0 radical (unpaired) electrons. The third-order valence-electron chi connectivity index (χ3n) is 3.06. The van der Waals surface area contributed by atoms with Crippen LogP contribution >= 0.6 is 0 Å². The molecule has 0 aliphatic carbocycles. The summed E-state index contributed by atoms with van der Waals surface area (Å²) >= 11 is 0. The Kier molecular flexibility index (Phi) is 4.50. The number of esters is 1. The Morgan fingerprint density at radius 1 is 1.26 bits per heavy atom. The summed E-state index contributed by atoms with van der Waals surface area (Å²) in [6, 6.07) is 0. The van der Waals surface area contributed by atoms with Crippen molar-refractivity contribution in [3.05, 3.63) is 11.6 Å². The molecular weight excluding hydrogens is 260 g/mol. The first kappa shape index (κ1) is 14.4. The van der Waals surface area contributed by atoms with Crippen molar-refractivity contribution >= 4 is 5.97 Å². The van der Waals surface area contributed by atoms with E-state index in [2.05, 4.69) is 4.74 Å². The Morgan fingerprint density at radius 3 is 2.58 bits per heavy atom. The van der Waals surface area contributed by atoms with Gasteiger partial charge in [0.15, 0.2) is 6.29 Å². The highest BCUT2D eigenvalue weighted by Gasteiger charge is 2.44. The first-order chi connectivity index (χ1) is 9.04. The molecular formula is C11H16O8. The summed E-state index contributed by atoms with van der Waals surface area (Å²) < 4.78 is 15.0. The molecule has 0 bridgehead atoms. The van der Waals surface area contributed by atoms with Gasteiger partial charge in [0.05, 0.1) is 18.8 Å². The van der Waals surface area contributed by atoms with Gasteiger partial charge < -0.3 is 34.6 Å². The lowest BCUT2D eigenvalue weighted by Gasteiger charge is -2.39. The second-order valence-corrected chi connectivity index (χ2v) is 4.34. The minimum atomic E-state index is -1.50. The largest absolute Gasteiger partial charge is 0.458 e. The van der Waals surface area contributed by atoms with Crippen LogP contribution in [-0.2, 0) is 19.0 Å². The highest BCUT2D eigenvalue weighted by molar-refractivity contribution is 5.90. The molecule has 0 aromatic rings. The highest BCUT2D eigenvalue weighted by atomic mass is 16.7. The molecule has 2 aliphatic rings. The molecule has 0 aromatic heterocycles. The number of rotatable bonds is 4. The monoisotopic (exact) mass is 276 g/mol. The van der Waals surface area contributed by atoms with E-state index < -0.39 is 43.3 Å². The second-order valence-electron chi connectivity index (χ2n) is 4.34. The molecule has 2 heterocycles. The van der Waals surface area contributed by atoms with Crippen molar-refractivity contribution in [1.82, 2.24) is 0 Å². The summed E-state index contributed by atoms with van der Waals surface area (Å²) in [6.45, 7) is -0.511. The average Bonchev–Trinajstić information content (AvgIpc) is 2.81. The van der Waals surface area contributed by atoms with E-state index in [0.717, 1.165) is 0 Å². The zero-order valence-electron chi connectivity index (χ0n) is 10.0. The number of aliphatic hydroxyl groups is 4. The van der Waals surface area contributed by atoms with Crippen molar-refractivity contribution in [1.29, 1.82) is 0 Å². The Morgan fingerprint density at radius 2 is 2.00 bits per heavy atom. The minimum absolute atomic E-state index is 0.151. The lowest BCUT2D eigenvalue weighted by Crippen LogP contribution is -2.59. The summed E-state index contributed by atoms with van der Waals surface area (Å²) in [4.78, 5) is 11.2. The molecule has 0 aromatic carbocycles. The minimum Gasteiger partial charge on any atom is -0.458 e. The van der Waals surface area contributed by atoms with E-state index >= 15 is 0 Å². The number of carbonyl (C=O) groups excluding carboxylic acids is 1. The molecule has 5 unspecified atom stereocenters. The van der Waals surface area contributed by atoms with Gasteiger partial charge in [-0.2, -0.15) is 0 Å². The summed E-state index contributed by atoms with van der Waals surface area (Å²) in [5.74, 6) is -0.510. The van der Waals surface area contributed by atoms with Crippen molar-refractivity contribution in [2.75, 3.05) is 19.8 Å². The molecule has 0 saturated carbocycles. The molecule has 2 aliphatic heterocycles. The first-order valence-corrected chi connectivity index (χ1v) is 5.83. The lowest BCUT2D eigenvalue weighted by molar-refractivity contribution is -0.298. The van der Waals surface area contributed by atoms with Gasteiger partial charge >= 0.3 is 5.97 Å². The average molecular weight is 276 g/mol. The first-order valence-electron chi connectivity index (χ1n) is 5.83. The SMILES string of the molecule is O=C1OCC=C1COC1OC(CO)C(O)C(O)C1O. The molecule has 1 fully saturated rings. The molecule has 8 heteroatoms. The Hall–Kier alpha value is -1.03. The van der Waals surface area contributed by atoms with E-state index in [0.29, 0.717) is 0 Å². The topological polar surface area (TPSA) is 126 Å². The Labute approximate surface area is 108 Å². The van der Waals surface area contributed by atoms with Crippen LogP contribution in [0.2, 0.25) is 0 Å². The van der Waals surface area contributed by atoms with Crippen LogP contribution in [-0.4, -0.2) is 76.9 Å². The smallest absolute Gasteiger partial charge is 0.336 e. The fourth-order valence-corrected chi connectivity index (χ4v) is 1.89. The van der Waals surface area contributed by atoms with E-state index in [-0.39, 0.29) is 18.8 Å². The van der Waals surface area contributed by atoms with Crippen LogP contribution in [0, 0.1) is 0 Å². The van der Waals surface area contributed by atoms with E-state index in [9.17, 15) is 20.1 Å². The summed E-state index contributed by atoms with van der Waals surface area (Å²) in [5, 5.41) is 37.8. The predicted octanol–water partition coefficient (Wildman–Crippen LogP) is -2.71. The van der Waals surface area contributed by atoms with Crippen LogP contribution in [0.4, 0.5) is 0 Å². The van der Waals surface area contributed by atoms with Crippen molar-refractivity contribution in [3.8, 4) is 0 Å². The second kappa shape index (κ2) is 5.95. The maximum Gasteiger partial charge on any atom is 0.336 e. The van der Waals surface area contributed by atoms with Crippen LogP contribution in [0.5, 0.6) is 0 Å². The van der Waals surface area contributed by atoms with Crippen molar-refractivity contribution in [3.63, 3.8) is 0 Å². The number of cyclic esters (lactones) is 1. The summed E-state index contributed by atoms with van der Waals surface area (Å²) in [5.41, 5.74) is 0.289. The lowest BCUT2D eigenvalue weighted by atomic mass is 9.99. The molecule has 2 rings (SSSR count). The van der Waals surface area contributed by atoms with Crippen LogP contribution in [0.15, 0.2) is 11.6 Å². The fourth-order valence-electron chi connectivity index (χ4n) is 1.89. The third kappa shape index (κ3) is 2.94. The van der Waals surface area contributed by atoms with Gasteiger partial charge in [-0.1, -0.05) is 0 Å². The molecule has 5 atom stereocenters. The predicted molar refractivity (Wildman–Crippen MR) is 58.8 cm³/mol. The van der Waals surface area contributed by atoms with Crippen LogP contribution in [0.25, 0.3) is 0 Å². The van der Waals surface area contributed by atoms with Crippen molar-refractivity contribution < 1.29 is 39.4 Å². The van der Waals surface area contributed by atoms with Gasteiger partial charge in [0.1, 0.15) is 31.0 Å². The number of ether oxygens (including phenoxy) is 3. The van der Waals surface area contributed by atoms with E-state index in [1.807, 2.05) is 0 Å². The van der Waals surface area contributed by atoms with Crippen molar-refractivity contribution in [2.24, 2.45) is 0 Å². The van der Waals surface area contributed by atoms with E-state index in [1.54, 1.807) is 0 Å². The van der Waals surface area contributed by atoms with Crippen molar-refractivity contribution in [2.45, 2.75) is 30.7 Å². The molecule has 108 valence electrons. The fraction of sp³-hybridized carbons (Fsp3) is 0.727. The molecule has 0 amide bonds. The molecule has 8 nitrogen and oxygen atoms in total. The van der Waals surface area contributed by atoms with Crippen LogP contribution < -0.4 is 0 Å². The molecule has 0 spiro atoms. The summed E-state index contributed by atoms with van der Waals surface area (Å²) in [7, 11) is 0. The van der Waals surface area contributed by atoms with Gasteiger partial charge in [-0.05, 0) is 6.08 Å². The van der Waals surface area contributed by atoms with Gasteiger partial charge in [0.25, 0.3) is 0 Å². The maximum atomic E-state index is 11.2. The number of hydrogen-bond acceptors (Lipinski definition) is 8. The third-order valence-corrected chi connectivity index (χ3v) is 3.06. The van der Waals surface area contributed by atoms with Crippen LogP contribution in [0.1, 0.15) is 0 Å². The van der Waals surface area contributed by atoms with E-state index in [1.165, 1.54) is 6.08 Å². The highest BCUT2D eigenvalue weighted by Crippen LogP contribution is 2.22. The molecule has 1 saturated heterocycles. The number of aliphatic hydroxyl groups excluding tert-OH is 4. The van der Waals surface area contributed by atoms with Gasteiger partial charge in [-0.3, -0.25) is 0 Å². The quantitative estimate of drug-likeness (QED) is 0.408. The Bertz CT molecular complexity index is 366. The maximum absolute atomic E-state index is 11.2. The zero-order chi connectivity index (χ0) is 14.0. The van der Waals surface area contributed by atoms with Gasteiger partial charge in [0, 0.05) is 0 Å². The van der Waals surface area contributed by atoms with Gasteiger partial charge in [-0.25, -0.2) is 4.79 Å².